The van der Waals surface area contributed by atoms with Gasteiger partial charge in [-0.2, -0.15) is 12.6 Å². The van der Waals surface area contributed by atoms with Crippen molar-refractivity contribution in [3.8, 4) is 0 Å². The van der Waals surface area contributed by atoms with Crippen molar-refractivity contribution < 1.29 is 4.79 Å². The summed E-state index contributed by atoms with van der Waals surface area (Å²) in [5, 5.41) is 2.94. The van der Waals surface area contributed by atoms with Gasteiger partial charge >= 0.3 is 0 Å². The number of unbranched alkanes of at least 4 members (excludes halogenated alkanes) is 5. The zero-order valence-corrected chi connectivity index (χ0v) is 11.0. The van der Waals surface area contributed by atoms with Crippen molar-refractivity contribution in [2.45, 2.75) is 52.4 Å². The van der Waals surface area contributed by atoms with Gasteiger partial charge in [0, 0.05) is 18.2 Å². The highest BCUT2D eigenvalue weighted by molar-refractivity contribution is 7.80. The number of rotatable bonds is 9. The van der Waals surface area contributed by atoms with Crippen LogP contribution in [0.15, 0.2) is 0 Å². The van der Waals surface area contributed by atoms with Crippen molar-refractivity contribution >= 4 is 18.5 Å². The molecule has 0 fully saturated rings. The summed E-state index contributed by atoms with van der Waals surface area (Å²) in [7, 11) is 0. The average Bonchev–Trinajstić information content (AvgIpc) is 2.26. The largest absolute Gasteiger partial charge is 0.356 e. The minimum atomic E-state index is 0.0356. The zero-order chi connectivity index (χ0) is 11.5. The van der Waals surface area contributed by atoms with Crippen molar-refractivity contribution in [3.05, 3.63) is 0 Å². The lowest BCUT2D eigenvalue weighted by Crippen LogP contribution is -2.30. The summed E-state index contributed by atoms with van der Waals surface area (Å²) in [4.78, 5) is 11.3. The van der Waals surface area contributed by atoms with Gasteiger partial charge in [-0.3, -0.25) is 4.79 Å². The summed E-state index contributed by atoms with van der Waals surface area (Å²) in [5.74, 6) is 0.800. The Labute approximate surface area is 99.6 Å². The SMILES string of the molecule is CCCCCCCCNC(=O)[C@@H](C)CS. The molecule has 0 aromatic heterocycles. The third-order valence-electron chi connectivity index (χ3n) is 2.55. The first kappa shape index (κ1) is 14.8. The van der Waals surface area contributed by atoms with E-state index >= 15 is 0 Å². The van der Waals surface area contributed by atoms with E-state index in [9.17, 15) is 4.79 Å². The van der Waals surface area contributed by atoms with Crippen LogP contribution in [0.5, 0.6) is 0 Å². The number of nitrogens with one attached hydrogen (secondary N) is 1. The summed E-state index contributed by atoms with van der Waals surface area (Å²) in [6.45, 7) is 4.95. The Morgan fingerprint density at radius 1 is 1.20 bits per heavy atom. The number of thiol groups is 1. The number of hydrogen-bond acceptors (Lipinski definition) is 2. The molecule has 0 unspecified atom stereocenters. The highest BCUT2D eigenvalue weighted by Gasteiger charge is 2.08. The Morgan fingerprint density at radius 2 is 1.80 bits per heavy atom. The van der Waals surface area contributed by atoms with Crippen LogP contribution >= 0.6 is 12.6 Å². The van der Waals surface area contributed by atoms with Crippen LogP contribution in [0.1, 0.15) is 52.4 Å². The Bertz CT molecular complexity index is 162. The quantitative estimate of drug-likeness (QED) is 0.463. The minimum Gasteiger partial charge on any atom is -0.356 e. The molecule has 0 saturated carbocycles. The second-order valence-corrected chi connectivity index (χ2v) is 4.51. The monoisotopic (exact) mass is 231 g/mol. The summed E-state index contributed by atoms with van der Waals surface area (Å²) in [5.41, 5.74) is 0. The summed E-state index contributed by atoms with van der Waals surface area (Å²) >= 11 is 4.10. The maximum atomic E-state index is 11.3. The van der Waals surface area contributed by atoms with Crippen LogP contribution in [0.3, 0.4) is 0 Å². The third-order valence-corrected chi connectivity index (χ3v) is 3.10. The fourth-order valence-electron chi connectivity index (χ4n) is 1.37. The molecular weight excluding hydrogens is 206 g/mol. The normalized spacial score (nSPS) is 12.5. The summed E-state index contributed by atoms with van der Waals surface area (Å²) in [6.07, 6.45) is 7.59. The molecular formula is C12H25NOS. The van der Waals surface area contributed by atoms with Crippen molar-refractivity contribution in [1.82, 2.24) is 5.32 Å². The Hall–Kier alpha value is -0.180. The van der Waals surface area contributed by atoms with Crippen LogP contribution < -0.4 is 5.32 Å². The second kappa shape index (κ2) is 10.3. The van der Waals surface area contributed by atoms with Crippen LogP contribution in [-0.4, -0.2) is 18.2 Å². The highest BCUT2D eigenvalue weighted by Crippen LogP contribution is 2.04. The third kappa shape index (κ3) is 8.79. The Morgan fingerprint density at radius 3 is 2.40 bits per heavy atom. The van der Waals surface area contributed by atoms with E-state index in [0.717, 1.165) is 13.0 Å². The number of carbonyl (C=O) groups is 1. The van der Waals surface area contributed by atoms with Crippen molar-refractivity contribution in [1.29, 1.82) is 0 Å². The molecule has 90 valence electrons. The molecule has 0 spiro atoms. The predicted octanol–water partition coefficient (Wildman–Crippen LogP) is 3.03. The van der Waals surface area contributed by atoms with Crippen molar-refractivity contribution in [3.63, 3.8) is 0 Å². The molecule has 0 saturated heterocycles. The number of carbonyl (C=O) groups excluding carboxylic acids is 1. The van der Waals surface area contributed by atoms with E-state index in [1.54, 1.807) is 0 Å². The maximum absolute atomic E-state index is 11.3. The molecule has 0 aliphatic rings. The fourth-order valence-corrected chi connectivity index (χ4v) is 1.54. The van der Waals surface area contributed by atoms with E-state index in [0.29, 0.717) is 5.75 Å². The van der Waals surface area contributed by atoms with Crippen molar-refractivity contribution in [2.75, 3.05) is 12.3 Å². The molecule has 1 amide bonds. The first-order chi connectivity index (χ1) is 7.22. The van der Waals surface area contributed by atoms with Crippen LogP contribution in [0, 0.1) is 5.92 Å². The van der Waals surface area contributed by atoms with Crippen LogP contribution in [-0.2, 0) is 4.79 Å². The molecule has 2 nitrogen and oxygen atoms in total. The van der Waals surface area contributed by atoms with Gasteiger partial charge in [-0.05, 0) is 6.42 Å². The topological polar surface area (TPSA) is 29.1 Å². The van der Waals surface area contributed by atoms with Crippen LogP contribution in [0.4, 0.5) is 0 Å². The lowest BCUT2D eigenvalue weighted by atomic mass is 10.1. The molecule has 0 aliphatic heterocycles. The number of amides is 1. The molecule has 3 heteroatoms. The molecule has 0 heterocycles. The van der Waals surface area contributed by atoms with Gasteiger partial charge in [0.25, 0.3) is 0 Å². The van der Waals surface area contributed by atoms with E-state index in [1.807, 2.05) is 6.92 Å². The molecule has 1 N–H and O–H groups in total. The molecule has 0 rings (SSSR count). The first-order valence-electron chi connectivity index (χ1n) is 6.11. The van der Waals surface area contributed by atoms with E-state index < -0.39 is 0 Å². The van der Waals surface area contributed by atoms with E-state index in [4.69, 9.17) is 0 Å². The molecule has 0 aromatic rings. The van der Waals surface area contributed by atoms with E-state index in [2.05, 4.69) is 24.9 Å². The van der Waals surface area contributed by atoms with Gasteiger partial charge in [0.2, 0.25) is 5.91 Å². The van der Waals surface area contributed by atoms with Gasteiger partial charge in [-0.25, -0.2) is 0 Å². The molecule has 0 bridgehead atoms. The van der Waals surface area contributed by atoms with Gasteiger partial charge in [-0.15, -0.1) is 0 Å². The highest BCUT2D eigenvalue weighted by atomic mass is 32.1. The molecule has 1 atom stereocenters. The molecule has 15 heavy (non-hydrogen) atoms. The smallest absolute Gasteiger partial charge is 0.223 e. The summed E-state index contributed by atoms with van der Waals surface area (Å²) in [6, 6.07) is 0. The lowest BCUT2D eigenvalue weighted by Gasteiger charge is -2.09. The zero-order valence-electron chi connectivity index (χ0n) is 10.1. The molecule has 0 aliphatic carbocycles. The van der Waals surface area contributed by atoms with Gasteiger partial charge in [0.15, 0.2) is 0 Å². The summed E-state index contributed by atoms with van der Waals surface area (Å²) < 4.78 is 0. The standard InChI is InChI=1S/C12H25NOS/c1-3-4-5-6-7-8-9-13-12(14)11(2)10-15/h11,15H,3-10H2,1-2H3,(H,13,14)/t11-/m0/s1. The Balaban J connectivity index is 3.20. The van der Waals surface area contributed by atoms with E-state index in [-0.39, 0.29) is 11.8 Å². The van der Waals surface area contributed by atoms with Gasteiger partial charge in [0.05, 0.1) is 0 Å². The predicted molar refractivity (Wildman–Crippen MR) is 69.4 cm³/mol. The van der Waals surface area contributed by atoms with Gasteiger partial charge < -0.3 is 5.32 Å². The second-order valence-electron chi connectivity index (χ2n) is 4.14. The first-order valence-corrected chi connectivity index (χ1v) is 6.74. The minimum absolute atomic E-state index is 0.0356. The molecule has 0 aromatic carbocycles. The Kier molecular flexibility index (Phi) is 10.2. The average molecular weight is 231 g/mol. The van der Waals surface area contributed by atoms with Gasteiger partial charge in [0.1, 0.15) is 0 Å². The van der Waals surface area contributed by atoms with Gasteiger partial charge in [-0.1, -0.05) is 46.0 Å². The van der Waals surface area contributed by atoms with Crippen LogP contribution in [0.25, 0.3) is 0 Å². The van der Waals surface area contributed by atoms with E-state index in [1.165, 1.54) is 32.1 Å². The maximum Gasteiger partial charge on any atom is 0.223 e. The van der Waals surface area contributed by atoms with Crippen molar-refractivity contribution in [2.24, 2.45) is 5.92 Å². The fraction of sp³-hybridized carbons (Fsp3) is 0.917. The molecule has 0 radical (unpaired) electrons. The number of hydrogen-bond donors (Lipinski definition) is 2. The lowest BCUT2D eigenvalue weighted by molar-refractivity contribution is -0.123. The van der Waals surface area contributed by atoms with Crippen LogP contribution in [0.2, 0.25) is 0 Å².